The van der Waals surface area contributed by atoms with Crippen molar-refractivity contribution >= 4 is 6.21 Å². The fourth-order valence-corrected chi connectivity index (χ4v) is 1.73. The topological polar surface area (TPSA) is 51.4 Å². The van der Waals surface area contributed by atoms with Crippen molar-refractivity contribution in [2.75, 3.05) is 26.2 Å². The summed E-state index contributed by atoms with van der Waals surface area (Å²) in [6, 6.07) is 1.99. The Kier molecular flexibility index (Phi) is 2.80. The van der Waals surface area contributed by atoms with Crippen molar-refractivity contribution in [2.45, 2.75) is 12.5 Å². The zero-order valence-corrected chi connectivity index (χ0v) is 8.11. The molecule has 0 aromatic heterocycles. The van der Waals surface area contributed by atoms with Crippen molar-refractivity contribution < 1.29 is 0 Å². The van der Waals surface area contributed by atoms with Gasteiger partial charge in [-0.1, -0.05) is 6.08 Å². The maximum Gasteiger partial charge on any atom is 0.140 e. The molecule has 2 heterocycles. The summed E-state index contributed by atoms with van der Waals surface area (Å²) in [4.78, 5) is 6.50. The molecule has 1 unspecified atom stereocenters. The lowest BCUT2D eigenvalue weighted by atomic mass is 10.1. The molecule has 0 aromatic carbocycles. The fraction of sp³-hybridized carbons (Fsp3) is 0.600. The van der Waals surface area contributed by atoms with E-state index in [0.29, 0.717) is 0 Å². The molecule has 0 aromatic rings. The number of nitrogens with one attached hydrogen (secondary N) is 1. The van der Waals surface area contributed by atoms with Crippen LogP contribution >= 0.6 is 0 Å². The van der Waals surface area contributed by atoms with E-state index in [1.807, 2.05) is 6.21 Å². The molecule has 2 aliphatic heterocycles. The van der Waals surface area contributed by atoms with Crippen LogP contribution < -0.4 is 5.32 Å². The van der Waals surface area contributed by atoms with Gasteiger partial charge in [0.1, 0.15) is 6.04 Å². The molecule has 2 rings (SSSR count). The minimum Gasteiger partial charge on any atom is -0.368 e. The largest absolute Gasteiger partial charge is 0.368 e. The third kappa shape index (κ3) is 1.94. The van der Waals surface area contributed by atoms with Gasteiger partial charge in [-0.2, -0.15) is 5.26 Å². The number of hydrogen-bond donors (Lipinski definition) is 1. The summed E-state index contributed by atoms with van der Waals surface area (Å²) in [6.45, 7) is 4.14. The van der Waals surface area contributed by atoms with Crippen LogP contribution in [0.2, 0.25) is 0 Å². The number of nitriles is 1. The molecule has 0 radical (unpaired) electrons. The standard InChI is InChI=1S/C10H14N4/c11-7-9-1-2-10(8-13-9)14-5-3-12-4-6-14/h2,8-9,12H,1,3-6H2. The highest BCUT2D eigenvalue weighted by molar-refractivity contribution is 5.79. The molecule has 1 N–H and O–H groups in total. The average molecular weight is 190 g/mol. The fourth-order valence-electron chi connectivity index (χ4n) is 1.73. The lowest BCUT2D eigenvalue weighted by molar-refractivity contribution is 0.311. The van der Waals surface area contributed by atoms with Crippen LogP contribution in [0.15, 0.2) is 16.8 Å². The molecule has 4 nitrogen and oxygen atoms in total. The summed E-state index contributed by atoms with van der Waals surface area (Å²) in [7, 11) is 0. The number of allylic oxidation sites excluding steroid dienone is 1. The highest BCUT2D eigenvalue weighted by Crippen LogP contribution is 2.12. The van der Waals surface area contributed by atoms with Crippen molar-refractivity contribution in [3.05, 3.63) is 11.8 Å². The second-order valence-corrected chi connectivity index (χ2v) is 3.52. The number of hydrogen-bond acceptors (Lipinski definition) is 4. The van der Waals surface area contributed by atoms with Crippen molar-refractivity contribution in [3.63, 3.8) is 0 Å². The van der Waals surface area contributed by atoms with Gasteiger partial charge in [-0.25, -0.2) is 0 Å². The van der Waals surface area contributed by atoms with Crippen LogP contribution in [0.1, 0.15) is 6.42 Å². The van der Waals surface area contributed by atoms with Gasteiger partial charge in [-0.15, -0.1) is 0 Å². The Labute approximate surface area is 83.9 Å². The smallest absolute Gasteiger partial charge is 0.140 e. The third-order valence-corrected chi connectivity index (χ3v) is 2.57. The summed E-state index contributed by atoms with van der Waals surface area (Å²) in [5, 5.41) is 12.0. The summed E-state index contributed by atoms with van der Waals surface area (Å²) in [5.41, 5.74) is 1.18. The van der Waals surface area contributed by atoms with Crippen LogP contribution in [0, 0.1) is 11.3 Å². The van der Waals surface area contributed by atoms with Crippen LogP contribution in [-0.2, 0) is 0 Å². The minimum absolute atomic E-state index is 0.165. The molecule has 0 bridgehead atoms. The first-order chi connectivity index (χ1) is 6.90. The lowest BCUT2D eigenvalue weighted by Gasteiger charge is -2.31. The first-order valence-corrected chi connectivity index (χ1v) is 4.99. The molecule has 0 amide bonds. The second kappa shape index (κ2) is 4.25. The summed E-state index contributed by atoms with van der Waals surface area (Å²) < 4.78 is 0. The lowest BCUT2D eigenvalue weighted by Crippen LogP contribution is -2.43. The number of piperazine rings is 1. The number of dihydropyridines is 1. The summed E-state index contributed by atoms with van der Waals surface area (Å²) in [6.07, 6.45) is 4.71. The van der Waals surface area contributed by atoms with E-state index in [-0.39, 0.29) is 6.04 Å². The van der Waals surface area contributed by atoms with Gasteiger partial charge in [0.2, 0.25) is 0 Å². The van der Waals surface area contributed by atoms with E-state index < -0.39 is 0 Å². The highest BCUT2D eigenvalue weighted by atomic mass is 15.2. The van der Waals surface area contributed by atoms with Crippen molar-refractivity contribution in [1.29, 1.82) is 5.26 Å². The van der Waals surface area contributed by atoms with Crippen LogP contribution in [0.5, 0.6) is 0 Å². The molecule has 4 heteroatoms. The van der Waals surface area contributed by atoms with Gasteiger partial charge in [-0.3, -0.25) is 4.99 Å². The van der Waals surface area contributed by atoms with Gasteiger partial charge < -0.3 is 10.2 Å². The first-order valence-electron chi connectivity index (χ1n) is 4.99. The molecule has 74 valence electrons. The zero-order chi connectivity index (χ0) is 9.80. The molecule has 1 fully saturated rings. The number of aliphatic imine (C=N–C) groups is 1. The molecule has 14 heavy (non-hydrogen) atoms. The monoisotopic (exact) mass is 190 g/mol. The van der Waals surface area contributed by atoms with E-state index in [4.69, 9.17) is 5.26 Å². The average Bonchev–Trinajstić information content (AvgIpc) is 2.30. The van der Waals surface area contributed by atoms with Crippen molar-refractivity contribution in [2.24, 2.45) is 4.99 Å². The van der Waals surface area contributed by atoms with Crippen molar-refractivity contribution in [1.82, 2.24) is 10.2 Å². The van der Waals surface area contributed by atoms with E-state index in [1.165, 1.54) is 5.70 Å². The number of rotatable bonds is 1. The van der Waals surface area contributed by atoms with E-state index in [0.717, 1.165) is 32.6 Å². The maximum atomic E-state index is 8.67. The zero-order valence-electron chi connectivity index (χ0n) is 8.11. The molecule has 0 saturated carbocycles. The summed E-state index contributed by atoms with van der Waals surface area (Å²) in [5.74, 6) is 0. The Balaban J connectivity index is 1.97. The van der Waals surface area contributed by atoms with Gasteiger partial charge in [0.05, 0.1) is 11.8 Å². The van der Waals surface area contributed by atoms with Gasteiger partial charge >= 0.3 is 0 Å². The predicted octanol–water partition coefficient (Wildman–Crippen LogP) is 0.142. The maximum absolute atomic E-state index is 8.67. The molecule has 1 saturated heterocycles. The van der Waals surface area contributed by atoms with E-state index >= 15 is 0 Å². The molecule has 0 spiro atoms. The Morgan fingerprint density at radius 3 is 2.86 bits per heavy atom. The van der Waals surface area contributed by atoms with E-state index in [2.05, 4.69) is 27.4 Å². The summed E-state index contributed by atoms with van der Waals surface area (Å²) >= 11 is 0. The van der Waals surface area contributed by atoms with Crippen LogP contribution in [0.3, 0.4) is 0 Å². The van der Waals surface area contributed by atoms with Crippen LogP contribution in [-0.4, -0.2) is 43.3 Å². The van der Waals surface area contributed by atoms with E-state index in [1.54, 1.807) is 0 Å². The SMILES string of the molecule is N#CC1CC=C(N2CCNCC2)C=N1. The Hall–Kier alpha value is -1.34. The van der Waals surface area contributed by atoms with Crippen molar-refractivity contribution in [3.8, 4) is 6.07 Å². The van der Waals surface area contributed by atoms with E-state index in [9.17, 15) is 0 Å². The Morgan fingerprint density at radius 2 is 2.29 bits per heavy atom. The predicted molar refractivity (Wildman–Crippen MR) is 55.0 cm³/mol. The molecular formula is C10H14N4. The molecule has 2 aliphatic rings. The second-order valence-electron chi connectivity index (χ2n) is 3.52. The van der Waals surface area contributed by atoms with Gasteiger partial charge in [-0.05, 0) is 0 Å². The quantitative estimate of drug-likeness (QED) is 0.640. The van der Waals surface area contributed by atoms with Gasteiger partial charge in [0.25, 0.3) is 0 Å². The Morgan fingerprint density at radius 1 is 1.50 bits per heavy atom. The first kappa shape index (κ1) is 9.22. The minimum atomic E-state index is -0.165. The van der Waals surface area contributed by atoms with Gasteiger partial charge in [0.15, 0.2) is 0 Å². The van der Waals surface area contributed by atoms with Crippen LogP contribution in [0.25, 0.3) is 0 Å². The molecule has 1 atom stereocenters. The van der Waals surface area contributed by atoms with Gasteiger partial charge in [0, 0.05) is 38.8 Å². The molecular weight excluding hydrogens is 176 g/mol. The number of nitrogens with zero attached hydrogens (tertiary/aromatic N) is 3. The molecule has 0 aliphatic carbocycles. The Bertz CT molecular complexity index is 294. The normalized spacial score (nSPS) is 26.9. The van der Waals surface area contributed by atoms with Crippen LogP contribution in [0.4, 0.5) is 0 Å². The third-order valence-electron chi connectivity index (χ3n) is 2.57. The highest BCUT2D eigenvalue weighted by Gasteiger charge is 2.15.